The summed E-state index contributed by atoms with van der Waals surface area (Å²) in [7, 11) is 0. The minimum absolute atomic E-state index is 0.0480. The second-order valence-corrected chi connectivity index (χ2v) is 9.04. The van der Waals surface area contributed by atoms with E-state index in [9.17, 15) is 20.4 Å². The second-order valence-electron chi connectivity index (χ2n) is 9.04. The predicted octanol–water partition coefficient (Wildman–Crippen LogP) is 3.11. The molecule has 0 aromatic heterocycles. The zero-order valence-corrected chi connectivity index (χ0v) is 16.5. The van der Waals surface area contributed by atoms with Crippen LogP contribution in [0.1, 0.15) is 80.1 Å². The van der Waals surface area contributed by atoms with Crippen LogP contribution in [0.15, 0.2) is 0 Å². The van der Waals surface area contributed by atoms with Crippen LogP contribution >= 0.6 is 0 Å². The molecule has 0 aromatic carbocycles. The molecule has 0 unspecified atom stereocenters. The first-order chi connectivity index (χ1) is 11.0. The van der Waals surface area contributed by atoms with Gasteiger partial charge in [0.2, 0.25) is 0 Å². The molecular formula is C20H40O4. The van der Waals surface area contributed by atoms with Crippen molar-refractivity contribution >= 4 is 0 Å². The molecule has 2 fully saturated rings. The minimum atomic E-state index is -0.521. The number of hydrogen-bond donors (Lipinski definition) is 4. The maximum Gasteiger partial charge on any atom is 0.0855 e. The van der Waals surface area contributed by atoms with E-state index in [0.29, 0.717) is 0 Å². The Morgan fingerprint density at radius 1 is 0.708 bits per heavy atom. The Balaban J connectivity index is 0.000000240. The smallest absolute Gasteiger partial charge is 0.0855 e. The molecule has 2 aliphatic rings. The first kappa shape index (κ1) is 21.9. The minimum Gasteiger partial charge on any atom is -0.390 e. The van der Waals surface area contributed by atoms with Crippen LogP contribution in [-0.2, 0) is 0 Å². The molecule has 4 nitrogen and oxygen atoms in total. The number of rotatable bonds is 4. The van der Waals surface area contributed by atoms with E-state index < -0.39 is 24.4 Å². The first-order valence-corrected chi connectivity index (χ1v) is 9.74. The van der Waals surface area contributed by atoms with Gasteiger partial charge in [0.25, 0.3) is 0 Å². The second kappa shape index (κ2) is 8.48. The van der Waals surface area contributed by atoms with Gasteiger partial charge in [0.05, 0.1) is 24.4 Å². The van der Waals surface area contributed by atoms with Crippen LogP contribution in [0.4, 0.5) is 0 Å². The summed E-state index contributed by atoms with van der Waals surface area (Å²) in [6.45, 7) is 12.4. The standard InChI is InChI=1S/2C10H20O2/c2*1-4-5-10(3)6-7(2)8(11)9(10)12/h2*7-9,11-12H,4-6H2,1-3H3/t2*7-,8+,9+,10+/m11/s1. The fourth-order valence-electron chi connectivity index (χ4n) is 5.04. The quantitative estimate of drug-likeness (QED) is 0.632. The largest absolute Gasteiger partial charge is 0.390 e. The van der Waals surface area contributed by atoms with E-state index in [4.69, 9.17) is 0 Å². The van der Waals surface area contributed by atoms with Crippen molar-refractivity contribution in [1.82, 2.24) is 0 Å². The highest BCUT2D eigenvalue weighted by molar-refractivity contribution is 4.98. The van der Waals surface area contributed by atoms with E-state index in [0.717, 1.165) is 38.5 Å². The van der Waals surface area contributed by atoms with Crippen LogP contribution in [0.3, 0.4) is 0 Å². The summed E-state index contributed by atoms with van der Waals surface area (Å²) < 4.78 is 0. The van der Waals surface area contributed by atoms with Crippen molar-refractivity contribution in [3.05, 3.63) is 0 Å². The topological polar surface area (TPSA) is 80.9 Å². The summed E-state index contributed by atoms with van der Waals surface area (Å²) in [5, 5.41) is 38.7. The first-order valence-electron chi connectivity index (χ1n) is 9.74. The lowest BCUT2D eigenvalue weighted by Crippen LogP contribution is -2.33. The van der Waals surface area contributed by atoms with Gasteiger partial charge in [-0.2, -0.15) is 0 Å². The molecular weight excluding hydrogens is 304 g/mol. The van der Waals surface area contributed by atoms with Crippen LogP contribution in [0.2, 0.25) is 0 Å². The molecule has 2 rings (SSSR count). The molecule has 0 heterocycles. The molecule has 0 saturated heterocycles. The monoisotopic (exact) mass is 344 g/mol. The van der Waals surface area contributed by atoms with Crippen LogP contribution in [0.25, 0.3) is 0 Å². The summed E-state index contributed by atoms with van der Waals surface area (Å²) >= 11 is 0. The van der Waals surface area contributed by atoms with Gasteiger partial charge < -0.3 is 20.4 Å². The molecule has 0 amide bonds. The van der Waals surface area contributed by atoms with Crippen LogP contribution in [-0.4, -0.2) is 44.8 Å². The number of aliphatic hydroxyl groups is 4. The highest BCUT2D eigenvalue weighted by Crippen LogP contribution is 2.45. The SMILES string of the molecule is CCC[C@@]1(C)C[C@@H](C)[C@H](O)[C@@H]1O.CCC[C@@]1(C)C[C@@H](C)[C@H](O)[C@@H]1O. The van der Waals surface area contributed by atoms with Gasteiger partial charge in [-0.3, -0.25) is 0 Å². The Labute approximate surface area is 148 Å². The molecule has 0 radical (unpaired) electrons. The fourth-order valence-corrected chi connectivity index (χ4v) is 5.04. The maximum atomic E-state index is 9.77. The Morgan fingerprint density at radius 3 is 1.17 bits per heavy atom. The Morgan fingerprint density at radius 2 is 1.00 bits per heavy atom. The van der Waals surface area contributed by atoms with E-state index in [2.05, 4.69) is 27.7 Å². The van der Waals surface area contributed by atoms with Gasteiger partial charge in [0, 0.05) is 0 Å². The van der Waals surface area contributed by atoms with Crippen molar-refractivity contribution in [3.63, 3.8) is 0 Å². The highest BCUT2D eigenvalue weighted by atomic mass is 16.3. The summed E-state index contributed by atoms with van der Waals surface area (Å²) in [5.74, 6) is 0.494. The van der Waals surface area contributed by atoms with E-state index >= 15 is 0 Å². The fraction of sp³-hybridized carbons (Fsp3) is 1.00. The molecule has 2 aliphatic carbocycles. The molecule has 4 heteroatoms. The zero-order chi connectivity index (χ0) is 18.7. The van der Waals surface area contributed by atoms with Crippen molar-refractivity contribution in [2.24, 2.45) is 22.7 Å². The van der Waals surface area contributed by atoms with E-state index in [1.807, 2.05) is 13.8 Å². The van der Waals surface area contributed by atoms with Gasteiger partial charge in [0.1, 0.15) is 0 Å². The molecule has 4 N–H and O–H groups in total. The lowest BCUT2D eigenvalue weighted by atomic mass is 9.81. The molecule has 24 heavy (non-hydrogen) atoms. The predicted molar refractivity (Wildman–Crippen MR) is 97.6 cm³/mol. The van der Waals surface area contributed by atoms with Crippen molar-refractivity contribution in [2.45, 2.75) is 104 Å². The third-order valence-corrected chi connectivity index (χ3v) is 6.46. The molecule has 0 bridgehead atoms. The van der Waals surface area contributed by atoms with Crippen molar-refractivity contribution in [1.29, 1.82) is 0 Å². The lowest BCUT2D eigenvalue weighted by Gasteiger charge is -2.28. The van der Waals surface area contributed by atoms with Gasteiger partial charge in [-0.15, -0.1) is 0 Å². The molecule has 2 saturated carbocycles. The molecule has 0 aliphatic heterocycles. The lowest BCUT2D eigenvalue weighted by molar-refractivity contribution is -0.0245. The Bertz CT molecular complexity index is 352. The Hall–Kier alpha value is -0.160. The van der Waals surface area contributed by atoms with Gasteiger partial charge >= 0.3 is 0 Å². The molecule has 0 spiro atoms. The number of aliphatic hydroxyl groups excluding tert-OH is 4. The van der Waals surface area contributed by atoms with E-state index in [1.54, 1.807) is 0 Å². The van der Waals surface area contributed by atoms with Crippen molar-refractivity contribution < 1.29 is 20.4 Å². The van der Waals surface area contributed by atoms with Gasteiger partial charge in [-0.1, -0.05) is 54.4 Å². The van der Waals surface area contributed by atoms with E-state index in [1.165, 1.54) is 0 Å². The third-order valence-electron chi connectivity index (χ3n) is 6.46. The van der Waals surface area contributed by atoms with E-state index in [-0.39, 0.29) is 22.7 Å². The Kier molecular flexibility index (Phi) is 7.73. The van der Waals surface area contributed by atoms with Crippen molar-refractivity contribution in [3.8, 4) is 0 Å². The summed E-state index contributed by atoms with van der Waals surface area (Å²) in [5.41, 5.74) is -0.0961. The molecule has 8 atom stereocenters. The average molecular weight is 345 g/mol. The average Bonchev–Trinajstić information content (AvgIpc) is 2.81. The van der Waals surface area contributed by atoms with Crippen LogP contribution in [0, 0.1) is 22.7 Å². The van der Waals surface area contributed by atoms with Crippen LogP contribution in [0.5, 0.6) is 0 Å². The molecule has 0 aromatic rings. The molecule has 144 valence electrons. The normalized spacial score (nSPS) is 48.2. The summed E-state index contributed by atoms with van der Waals surface area (Å²) in [4.78, 5) is 0. The third kappa shape index (κ3) is 4.51. The van der Waals surface area contributed by atoms with Crippen LogP contribution < -0.4 is 0 Å². The summed E-state index contributed by atoms with van der Waals surface area (Å²) in [6.07, 6.45) is 4.00. The van der Waals surface area contributed by atoms with Gasteiger partial charge in [-0.05, 0) is 48.3 Å². The van der Waals surface area contributed by atoms with Gasteiger partial charge in [0.15, 0.2) is 0 Å². The maximum absolute atomic E-state index is 9.77. The van der Waals surface area contributed by atoms with Gasteiger partial charge in [-0.25, -0.2) is 0 Å². The zero-order valence-electron chi connectivity index (χ0n) is 16.5. The van der Waals surface area contributed by atoms with Crippen molar-refractivity contribution in [2.75, 3.05) is 0 Å². The number of hydrogen-bond acceptors (Lipinski definition) is 4. The highest BCUT2D eigenvalue weighted by Gasteiger charge is 2.47. The summed E-state index contributed by atoms with van der Waals surface area (Å²) in [6, 6.07) is 0.